The van der Waals surface area contributed by atoms with E-state index in [9.17, 15) is 14.7 Å². The molecule has 0 aromatic heterocycles. The van der Waals surface area contributed by atoms with Gasteiger partial charge in [0.2, 0.25) is 0 Å². The van der Waals surface area contributed by atoms with Gasteiger partial charge in [-0.3, -0.25) is 4.79 Å². The minimum Gasteiger partial charge on any atom is -0.508 e. The van der Waals surface area contributed by atoms with Crippen LogP contribution in [0.2, 0.25) is 0 Å². The molecule has 0 saturated heterocycles. The first-order valence-electron chi connectivity index (χ1n) is 4.68. The minimum absolute atomic E-state index is 0.122. The van der Waals surface area contributed by atoms with E-state index >= 15 is 0 Å². The second-order valence-corrected chi connectivity index (χ2v) is 3.42. The van der Waals surface area contributed by atoms with Crippen molar-refractivity contribution >= 4 is 11.8 Å². The molecule has 1 aromatic carbocycles. The molecule has 0 unspecified atom stereocenters. The van der Waals surface area contributed by atoms with E-state index in [0.717, 1.165) is 12.2 Å². The molecule has 1 rings (SSSR count). The summed E-state index contributed by atoms with van der Waals surface area (Å²) >= 11 is 0. The van der Waals surface area contributed by atoms with Crippen LogP contribution >= 0.6 is 0 Å². The van der Waals surface area contributed by atoms with Crippen molar-refractivity contribution in [2.75, 3.05) is 0 Å². The first-order chi connectivity index (χ1) is 7.43. The Labute approximate surface area is 92.8 Å². The molecule has 84 valence electrons. The van der Waals surface area contributed by atoms with Crippen LogP contribution in [0.5, 0.6) is 5.75 Å². The number of rotatable bonds is 3. The van der Waals surface area contributed by atoms with E-state index in [1.165, 1.54) is 12.1 Å². The van der Waals surface area contributed by atoms with Crippen molar-refractivity contribution in [3.63, 3.8) is 0 Å². The monoisotopic (exact) mass is 220 g/mol. The Kier molecular flexibility index (Phi) is 3.45. The average Bonchev–Trinajstić information content (AvgIpc) is 2.23. The largest absolute Gasteiger partial charge is 0.508 e. The van der Waals surface area contributed by atoms with E-state index in [4.69, 9.17) is 5.11 Å². The van der Waals surface area contributed by atoms with Crippen molar-refractivity contribution < 1.29 is 19.8 Å². The highest BCUT2D eigenvalue weighted by molar-refractivity contribution is 6.08. The molecule has 0 aliphatic rings. The molecule has 0 saturated carbocycles. The average molecular weight is 220 g/mol. The molecule has 0 atom stereocenters. The van der Waals surface area contributed by atoms with Crippen molar-refractivity contribution in [2.45, 2.75) is 13.8 Å². The fourth-order valence-corrected chi connectivity index (χ4v) is 1.31. The van der Waals surface area contributed by atoms with Crippen LogP contribution in [0.4, 0.5) is 0 Å². The fourth-order valence-electron chi connectivity index (χ4n) is 1.31. The smallest absolute Gasteiger partial charge is 0.328 e. The van der Waals surface area contributed by atoms with Crippen LogP contribution in [0.25, 0.3) is 0 Å². The lowest BCUT2D eigenvalue weighted by atomic mass is 9.99. The number of hydrogen-bond donors (Lipinski definition) is 2. The third kappa shape index (κ3) is 2.48. The van der Waals surface area contributed by atoms with Crippen LogP contribution < -0.4 is 0 Å². The number of phenols is 1. The first kappa shape index (κ1) is 12.0. The Morgan fingerprint density at radius 1 is 1.12 bits per heavy atom. The van der Waals surface area contributed by atoms with E-state index in [-0.39, 0.29) is 11.5 Å². The van der Waals surface area contributed by atoms with Gasteiger partial charge in [0.1, 0.15) is 5.75 Å². The molecule has 0 bridgehead atoms. The van der Waals surface area contributed by atoms with Gasteiger partial charge in [-0.15, -0.1) is 0 Å². The van der Waals surface area contributed by atoms with Crippen LogP contribution in [0.15, 0.2) is 24.3 Å². The first-order valence-corrected chi connectivity index (χ1v) is 4.68. The Hall–Kier alpha value is -2.10. The van der Waals surface area contributed by atoms with Crippen molar-refractivity contribution in [2.24, 2.45) is 0 Å². The predicted octanol–water partition coefficient (Wildman–Crippen LogP) is 1.83. The Morgan fingerprint density at radius 3 is 2.31 bits per heavy atom. The molecule has 2 N–H and O–H groups in total. The van der Waals surface area contributed by atoms with E-state index < -0.39 is 5.97 Å². The highest BCUT2D eigenvalue weighted by Gasteiger charge is 2.10. The number of allylic oxidation sites excluding steroid dienone is 1. The fraction of sp³-hybridized carbons (Fsp3) is 0.167. The lowest BCUT2D eigenvalue weighted by Crippen LogP contribution is -2.01. The topological polar surface area (TPSA) is 74.6 Å². The number of aliphatic carboxylic acids is 1. The van der Waals surface area contributed by atoms with Crippen molar-refractivity contribution in [3.05, 3.63) is 41.0 Å². The summed E-state index contributed by atoms with van der Waals surface area (Å²) in [7, 11) is 0. The number of carboxylic acid groups (broad SMARTS) is 1. The third-order valence-corrected chi connectivity index (χ3v) is 2.40. The maximum absolute atomic E-state index is 11.6. The zero-order chi connectivity index (χ0) is 12.3. The Balaban J connectivity index is 3.11. The standard InChI is InChI=1S/C12H12O4/c1-7-8(2)10(13)4-3-9(7)11(14)5-6-12(15)16/h3-6,13H,1-2H3,(H,15,16)/b6-5+. The summed E-state index contributed by atoms with van der Waals surface area (Å²) < 4.78 is 0. The second kappa shape index (κ2) is 4.61. The van der Waals surface area contributed by atoms with Gasteiger partial charge in [-0.25, -0.2) is 4.79 Å². The third-order valence-electron chi connectivity index (χ3n) is 2.40. The Bertz CT molecular complexity index is 472. The normalized spacial score (nSPS) is 10.6. The molecular weight excluding hydrogens is 208 g/mol. The summed E-state index contributed by atoms with van der Waals surface area (Å²) in [6.07, 6.45) is 1.80. The summed E-state index contributed by atoms with van der Waals surface area (Å²) in [5.74, 6) is -1.43. The summed E-state index contributed by atoms with van der Waals surface area (Å²) in [6.45, 7) is 3.40. The van der Waals surface area contributed by atoms with Gasteiger partial charge in [0.25, 0.3) is 0 Å². The SMILES string of the molecule is Cc1c(O)ccc(C(=O)/C=C/C(=O)O)c1C. The van der Waals surface area contributed by atoms with Crippen LogP contribution in [0.1, 0.15) is 21.5 Å². The maximum atomic E-state index is 11.6. The maximum Gasteiger partial charge on any atom is 0.328 e. The number of hydrogen-bond acceptors (Lipinski definition) is 3. The molecule has 0 heterocycles. The Morgan fingerprint density at radius 2 is 1.75 bits per heavy atom. The molecule has 4 heteroatoms. The van der Waals surface area contributed by atoms with Crippen molar-refractivity contribution in [1.82, 2.24) is 0 Å². The number of phenolic OH excluding ortho intramolecular Hbond substituents is 1. The van der Waals surface area contributed by atoms with E-state index in [2.05, 4.69) is 0 Å². The highest BCUT2D eigenvalue weighted by atomic mass is 16.4. The minimum atomic E-state index is -1.17. The van der Waals surface area contributed by atoms with Gasteiger partial charge < -0.3 is 10.2 Å². The van der Waals surface area contributed by atoms with Crippen LogP contribution in [0, 0.1) is 13.8 Å². The molecule has 16 heavy (non-hydrogen) atoms. The van der Waals surface area contributed by atoms with Crippen molar-refractivity contribution in [3.8, 4) is 5.75 Å². The number of ketones is 1. The van der Waals surface area contributed by atoms with Gasteiger partial charge in [0.15, 0.2) is 5.78 Å². The zero-order valence-corrected chi connectivity index (χ0v) is 9.02. The van der Waals surface area contributed by atoms with Gasteiger partial charge in [-0.05, 0) is 43.2 Å². The van der Waals surface area contributed by atoms with Gasteiger partial charge in [-0.2, -0.15) is 0 Å². The molecule has 0 amide bonds. The quantitative estimate of drug-likeness (QED) is 0.602. The zero-order valence-electron chi connectivity index (χ0n) is 9.02. The van der Waals surface area contributed by atoms with Crippen molar-refractivity contribution in [1.29, 1.82) is 0 Å². The summed E-state index contributed by atoms with van der Waals surface area (Å²) in [5.41, 5.74) is 1.67. The molecule has 0 fully saturated rings. The second-order valence-electron chi connectivity index (χ2n) is 3.42. The van der Waals surface area contributed by atoms with E-state index in [1.807, 2.05) is 0 Å². The highest BCUT2D eigenvalue weighted by Crippen LogP contribution is 2.23. The van der Waals surface area contributed by atoms with Crippen LogP contribution in [-0.4, -0.2) is 22.0 Å². The predicted molar refractivity (Wildman–Crippen MR) is 58.7 cm³/mol. The molecule has 0 radical (unpaired) electrons. The lowest BCUT2D eigenvalue weighted by Gasteiger charge is -2.07. The number of benzene rings is 1. The number of aromatic hydroxyl groups is 1. The summed E-state index contributed by atoms with van der Waals surface area (Å²) in [4.78, 5) is 21.9. The van der Waals surface area contributed by atoms with E-state index in [1.54, 1.807) is 13.8 Å². The summed E-state index contributed by atoms with van der Waals surface area (Å²) in [6, 6.07) is 2.90. The number of carbonyl (C=O) groups is 2. The van der Waals surface area contributed by atoms with Crippen LogP contribution in [-0.2, 0) is 4.79 Å². The molecule has 0 aliphatic heterocycles. The summed E-state index contributed by atoms with van der Waals surface area (Å²) in [5, 5.41) is 17.8. The molecule has 0 aliphatic carbocycles. The number of carbonyl (C=O) groups excluding carboxylic acids is 1. The molecular formula is C12H12O4. The molecule has 1 aromatic rings. The molecule has 4 nitrogen and oxygen atoms in total. The molecule has 0 spiro atoms. The number of carboxylic acids is 1. The van der Waals surface area contributed by atoms with Gasteiger partial charge in [0.05, 0.1) is 0 Å². The van der Waals surface area contributed by atoms with E-state index in [0.29, 0.717) is 16.7 Å². The van der Waals surface area contributed by atoms with Gasteiger partial charge in [-0.1, -0.05) is 0 Å². The van der Waals surface area contributed by atoms with Gasteiger partial charge in [0, 0.05) is 11.6 Å². The van der Waals surface area contributed by atoms with Crippen LogP contribution in [0.3, 0.4) is 0 Å². The van der Waals surface area contributed by atoms with Gasteiger partial charge >= 0.3 is 5.97 Å². The lowest BCUT2D eigenvalue weighted by molar-refractivity contribution is -0.131.